The van der Waals surface area contributed by atoms with E-state index in [4.69, 9.17) is 14.7 Å². The highest BCUT2D eigenvalue weighted by Crippen LogP contribution is 2.32. The van der Waals surface area contributed by atoms with Crippen LogP contribution in [-0.2, 0) is 24.4 Å². The molecule has 10 nitrogen and oxygen atoms in total. The molecule has 0 aliphatic carbocycles. The highest BCUT2D eigenvalue weighted by atomic mass is 16.6. The number of amides is 1. The Kier molecular flexibility index (Phi) is 6.97. The van der Waals surface area contributed by atoms with Gasteiger partial charge in [-0.25, -0.2) is 9.78 Å². The maximum absolute atomic E-state index is 12.9. The van der Waals surface area contributed by atoms with E-state index in [9.17, 15) is 15.2 Å². The molecule has 10 heteroatoms. The molecule has 0 unspecified atom stereocenters. The third-order valence-corrected chi connectivity index (χ3v) is 7.05. The van der Waals surface area contributed by atoms with E-state index in [2.05, 4.69) is 21.2 Å². The number of ether oxygens (including phenoxy) is 1. The maximum atomic E-state index is 12.9. The number of hydrogen-bond donors (Lipinski definition) is 2. The fourth-order valence-corrected chi connectivity index (χ4v) is 5.19. The molecule has 0 spiro atoms. The van der Waals surface area contributed by atoms with Gasteiger partial charge in [-0.1, -0.05) is 30.3 Å². The monoisotopic (exact) mass is 477 g/mol. The van der Waals surface area contributed by atoms with E-state index in [0.717, 1.165) is 42.0 Å². The van der Waals surface area contributed by atoms with Gasteiger partial charge in [0, 0.05) is 44.8 Å². The predicted octanol–water partition coefficient (Wildman–Crippen LogP) is 1.78. The number of fused-ring (bicyclic) bond motifs is 1. The van der Waals surface area contributed by atoms with Gasteiger partial charge in [0.1, 0.15) is 12.4 Å². The summed E-state index contributed by atoms with van der Waals surface area (Å²) in [7, 11) is 0. The fourth-order valence-electron chi connectivity index (χ4n) is 5.19. The SMILES string of the molecule is N#CC[C@H]1CN(c2nc(N3CCC[C@H]3CO)nc3c2CNC3)CCN1C(=O)OCc1ccccc1. The summed E-state index contributed by atoms with van der Waals surface area (Å²) in [6, 6.07) is 11.6. The molecule has 2 atom stereocenters. The van der Waals surface area contributed by atoms with E-state index in [-0.39, 0.29) is 31.7 Å². The summed E-state index contributed by atoms with van der Waals surface area (Å²) in [6.07, 6.45) is 1.76. The van der Waals surface area contributed by atoms with Crippen molar-refractivity contribution in [2.24, 2.45) is 0 Å². The quantitative estimate of drug-likeness (QED) is 0.642. The van der Waals surface area contributed by atoms with Crippen LogP contribution in [0.25, 0.3) is 0 Å². The third-order valence-electron chi connectivity index (χ3n) is 7.05. The summed E-state index contributed by atoms with van der Waals surface area (Å²) in [5.74, 6) is 1.51. The van der Waals surface area contributed by atoms with Crippen LogP contribution >= 0.6 is 0 Å². The van der Waals surface area contributed by atoms with E-state index >= 15 is 0 Å². The van der Waals surface area contributed by atoms with E-state index in [1.807, 2.05) is 30.3 Å². The topological polar surface area (TPSA) is 118 Å². The molecule has 1 aromatic heterocycles. The van der Waals surface area contributed by atoms with Crippen molar-refractivity contribution in [3.05, 3.63) is 47.2 Å². The molecular formula is C25H31N7O3. The number of rotatable bonds is 6. The van der Waals surface area contributed by atoms with Crippen molar-refractivity contribution in [2.45, 2.75) is 51.0 Å². The number of aromatic nitrogens is 2. The van der Waals surface area contributed by atoms with E-state index in [1.54, 1.807) is 4.90 Å². The number of anilines is 2. The van der Waals surface area contributed by atoms with Crippen LogP contribution in [0, 0.1) is 11.3 Å². The van der Waals surface area contributed by atoms with Gasteiger partial charge in [-0.15, -0.1) is 0 Å². The van der Waals surface area contributed by atoms with Crippen molar-refractivity contribution >= 4 is 17.9 Å². The second kappa shape index (κ2) is 10.5. The number of benzene rings is 1. The maximum Gasteiger partial charge on any atom is 0.410 e. The summed E-state index contributed by atoms with van der Waals surface area (Å²) in [5, 5.41) is 22.6. The first-order valence-corrected chi connectivity index (χ1v) is 12.2. The number of hydrogen-bond acceptors (Lipinski definition) is 9. The Bertz CT molecular complexity index is 1090. The van der Waals surface area contributed by atoms with E-state index in [0.29, 0.717) is 38.7 Å². The second-order valence-electron chi connectivity index (χ2n) is 9.24. The Labute approximate surface area is 205 Å². The largest absolute Gasteiger partial charge is 0.445 e. The number of nitrogens with one attached hydrogen (secondary N) is 1. The molecule has 2 saturated heterocycles. The summed E-state index contributed by atoms with van der Waals surface area (Å²) in [5.41, 5.74) is 2.98. The molecule has 3 aliphatic heterocycles. The Hall–Kier alpha value is -3.42. The van der Waals surface area contributed by atoms with Crippen LogP contribution in [0.15, 0.2) is 30.3 Å². The highest BCUT2D eigenvalue weighted by Gasteiger charge is 2.35. The van der Waals surface area contributed by atoms with Crippen LogP contribution in [0.4, 0.5) is 16.6 Å². The highest BCUT2D eigenvalue weighted by molar-refractivity contribution is 5.69. The minimum atomic E-state index is -0.396. The van der Waals surface area contributed by atoms with Gasteiger partial charge in [0.15, 0.2) is 0 Å². The molecule has 0 bridgehead atoms. The molecule has 4 heterocycles. The zero-order chi connectivity index (χ0) is 24.2. The van der Waals surface area contributed by atoms with Gasteiger partial charge in [-0.05, 0) is 18.4 Å². The Morgan fingerprint density at radius 2 is 2.03 bits per heavy atom. The number of nitriles is 1. The molecule has 2 fully saturated rings. The first kappa shape index (κ1) is 23.3. The molecule has 0 radical (unpaired) electrons. The van der Waals surface area contributed by atoms with Gasteiger partial charge in [-0.2, -0.15) is 10.2 Å². The smallest absolute Gasteiger partial charge is 0.410 e. The third kappa shape index (κ3) is 4.88. The van der Waals surface area contributed by atoms with Gasteiger partial charge >= 0.3 is 6.09 Å². The minimum absolute atomic E-state index is 0.0397. The lowest BCUT2D eigenvalue weighted by Gasteiger charge is -2.41. The van der Waals surface area contributed by atoms with Crippen LogP contribution in [-0.4, -0.2) is 70.9 Å². The Morgan fingerprint density at radius 3 is 2.83 bits per heavy atom. The molecule has 2 aromatic rings. The van der Waals surface area contributed by atoms with Crippen molar-refractivity contribution in [1.82, 2.24) is 20.2 Å². The van der Waals surface area contributed by atoms with Gasteiger partial charge in [0.2, 0.25) is 5.95 Å². The lowest BCUT2D eigenvalue weighted by Crippen LogP contribution is -2.55. The average Bonchev–Trinajstić information content (AvgIpc) is 3.57. The van der Waals surface area contributed by atoms with Crippen molar-refractivity contribution < 1.29 is 14.6 Å². The van der Waals surface area contributed by atoms with Gasteiger partial charge in [-0.3, -0.25) is 0 Å². The number of nitrogens with zero attached hydrogens (tertiary/aromatic N) is 6. The molecule has 35 heavy (non-hydrogen) atoms. The lowest BCUT2D eigenvalue weighted by molar-refractivity contribution is 0.0768. The summed E-state index contributed by atoms with van der Waals surface area (Å²) in [6.45, 7) is 4.03. The second-order valence-corrected chi connectivity index (χ2v) is 9.24. The standard InChI is InChI=1S/C25H31N7O3/c26-9-8-19-15-30(11-12-32(19)25(34)35-17-18-5-2-1-3-6-18)23-21-13-27-14-22(21)28-24(29-23)31-10-4-7-20(31)16-33/h1-3,5-6,19-20,27,33H,4,7-8,10-17H2/t19-,20-/m0/s1. The zero-order valence-corrected chi connectivity index (χ0v) is 19.8. The first-order valence-electron chi connectivity index (χ1n) is 12.2. The van der Waals surface area contributed by atoms with Crippen molar-refractivity contribution in [3.63, 3.8) is 0 Å². The molecule has 2 N–H and O–H groups in total. The normalized spacial score (nSPS) is 21.7. The van der Waals surface area contributed by atoms with Crippen LogP contribution in [0.3, 0.4) is 0 Å². The van der Waals surface area contributed by atoms with E-state index in [1.165, 1.54) is 0 Å². The Balaban J connectivity index is 1.34. The molecule has 3 aliphatic rings. The van der Waals surface area contributed by atoms with Gasteiger partial charge < -0.3 is 29.9 Å². The molecule has 1 amide bonds. The lowest BCUT2D eigenvalue weighted by atomic mass is 10.1. The van der Waals surface area contributed by atoms with Crippen LogP contribution in [0.1, 0.15) is 36.1 Å². The summed E-state index contributed by atoms with van der Waals surface area (Å²) >= 11 is 0. The van der Waals surface area contributed by atoms with Crippen molar-refractivity contribution in [2.75, 3.05) is 42.6 Å². The predicted molar refractivity (Wildman–Crippen MR) is 130 cm³/mol. The van der Waals surface area contributed by atoms with Gasteiger partial charge in [0.05, 0.1) is 36.9 Å². The number of aliphatic hydroxyl groups is 1. The number of carbonyl (C=O) groups excluding carboxylic acids is 1. The molecule has 0 saturated carbocycles. The number of carbonyl (C=O) groups is 1. The average molecular weight is 478 g/mol. The number of piperazine rings is 1. The Morgan fingerprint density at radius 1 is 1.17 bits per heavy atom. The summed E-state index contributed by atoms with van der Waals surface area (Å²) < 4.78 is 5.56. The molecule has 5 rings (SSSR count). The van der Waals surface area contributed by atoms with Crippen molar-refractivity contribution in [1.29, 1.82) is 5.26 Å². The molecule has 184 valence electrons. The van der Waals surface area contributed by atoms with Crippen molar-refractivity contribution in [3.8, 4) is 6.07 Å². The van der Waals surface area contributed by atoms with E-state index < -0.39 is 6.09 Å². The number of aliphatic hydroxyl groups excluding tert-OH is 1. The minimum Gasteiger partial charge on any atom is -0.445 e. The van der Waals surface area contributed by atoms with Gasteiger partial charge in [0.25, 0.3) is 0 Å². The van der Waals surface area contributed by atoms with Crippen LogP contribution in [0.5, 0.6) is 0 Å². The van der Waals surface area contributed by atoms with Crippen LogP contribution in [0.2, 0.25) is 0 Å². The molecule has 1 aromatic carbocycles. The first-order chi connectivity index (χ1) is 17.2. The molecular weight excluding hydrogens is 446 g/mol. The zero-order valence-electron chi connectivity index (χ0n) is 19.8. The fraction of sp³-hybridized carbons (Fsp3) is 0.520. The summed E-state index contributed by atoms with van der Waals surface area (Å²) in [4.78, 5) is 28.6. The van der Waals surface area contributed by atoms with Crippen LogP contribution < -0.4 is 15.1 Å².